The number of rotatable bonds is 4. The van der Waals surface area contributed by atoms with Crippen LogP contribution in [0.3, 0.4) is 0 Å². The number of carbonyl (C=O) groups excluding carboxylic acids is 1. The number of benzene rings is 2. The number of H-pyrrole nitrogens is 1. The molecule has 110 valence electrons. The van der Waals surface area contributed by atoms with Crippen molar-refractivity contribution in [1.82, 2.24) is 9.97 Å². The van der Waals surface area contributed by atoms with Gasteiger partial charge in [-0.05, 0) is 30.2 Å². The van der Waals surface area contributed by atoms with Crippen LogP contribution in [0.4, 0.5) is 5.69 Å². The van der Waals surface area contributed by atoms with Crippen molar-refractivity contribution in [3.8, 4) is 11.3 Å². The number of anilines is 1. The molecule has 0 fully saturated rings. The Labute approximate surface area is 129 Å². The quantitative estimate of drug-likeness (QED) is 0.772. The molecule has 0 saturated carbocycles. The van der Waals surface area contributed by atoms with Gasteiger partial charge in [0, 0.05) is 5.69 Å². The van der Waals surface area contributed by atoms with Crippen molar-refractivity contribution in [2.75, 3.05) is 5.32 Å². The number of aryl methyl sites for hydroxylation is 1. The predicted molar refractivity (Wildman–Crippen MR) is 87.5 cm³/mol. The molecule has 0 saturated heterocycles. The molecule has 0 spiro atoms. The molecule has 1 amide bonds. The van der Waals surface area contributed by atoms with E-state index < -0.39 is 0 Å². The summed E-state index contributed by atoms with van der Waals surface area (Å²) in [5, 5.41) is 2.92. The van der Waals surface area contributed by atoms with E-state index in [1.165, 1.54) is 0 Å². The summed E-state index contributed by atoms with van der Waals surface area (Å²) in [6.07, 6.45) is 3.79. The van der Waals surface area contributed by atoms with Crippen molar-refractivity contribution in [2.45, 2.75) is 13.3 Å². The average Bonchev–Trinajstić information content (AvgIpc) is 3.02. The highest BCUT2D eigenvalue weighted by Crippen LogP contribution is 2.19. The summed E-state index contributed by atoms with van der Waals surface area (Å²) < 4.78 is 0. The summed E-state index contributed by atoms with van der Waals surface area (Å²) in [5.41, 5.74) is 4.97. The SMILES string of the molecule is Cc1cccc(CC(=O)Nc2ccc(-c3cnc[nH]3)cc2)c1. The molecule has 3 aromatic rings. The van der Waals surface area contributed by atoms with Crippen molar-refractivity contribution >= 4 is 11.6 Å². The molecule has 1 aromatic heterocycles. The van der Waals surface area contributed by atoms with Crippen LogP contribution in [-0.4, -0.2) is 15.9 Å². The highest BCUT2D eigenvalue weighted by atomic mass is 16.1. The van der Waals surface area contributed by atoms with Gasteiger partial charge in [-0.25, -0.2) is 4.98 Å². The van der Waals surface area contributed by atoms with Gasteiger partial charge in [-0.1, -0.05) is 42.0 Å². The third kappa shape index (κ3) is 3.41. The van der Waals surface area contributed by atoms with E-state index in [0.29, 0.717) is 6.42 Å². The fraction of sp³-hybridized carbons (Fsp3) is 0.111. The van der Waals surface area contributed by atoms with E-state index >= 15 is 0 Å². The number of aromatic nitrogens is 2. The van der Waals surface area contributed by atoms with E-state index in [9.17, 15) is 4.79 Å². The summed E-state index contributed by atoms with van der Waals surface area (Å²) in [5.74, 6) is -0.0140. The molecule has 0 atom stereocenters. The van der Waals surface area contributed by atoms with Crippen LogP contribution in [-0.2, 0) is 11.2 Å². The maximum Gasteiger partial charge on any atom is 0.228 e. The molecule has 0 aliphatic rings. The molecule has 0 aliphatic carbocycles. The maximum atomic E-state index is 12.1. The molecule has 2 aromatic carbocycles. The Morgan fingerprint density at radius 1 is 1.18 bits per heavy atom. The van der Waals surface area contributed by atoms with Gasteiger partial charge in [0.05, 0.1) is 24.6 Å². The summed E-state index contributed by atoms with van der Waals surface area (Å²) in [6.45, 7) is 2.02. The Hall–Kier alpha value is -2.88. The molecule has 0 radical (unpaired) electrons. The van der Waals surface area contributed by atoms with Gasteiger partial charge >= 0.3 is 0 Å². The molecule has 0 unspecified atom stereocenters. The second-order valence-corrected chi connectivity index (χ2v) is 5.26. The second-order valence-electron chi connectivity index (χ2n) is 5.26. The first-order valence-electron chi connectivity index (χ1n) is 7.15. The molecule has 0 bridgehead atoms. The Bertz CT molecular complexity index is 761. The number of nitrogens with zero attached hydrogens (tertiary/aromatic N) is 1. The number of nitrogens with one attached hydrogen (secondary N) is 2. The summed E-state index contributed by atoms with van der Waals surface area (Å²) >= 11 is 0. The standard InChI is InChI=1S/C18H17N3O/c1-13-3-2-4-14(9-13)10-18(22)21-16-7-5-15(6-8-16)17-11-19-12-20-17/h2-9,11-12H,10H2,1H3,(H,19,20)(H,21,22). The normalized spacial score (nSPS) is 10.4. The monoisotopic (exact) mass is 291 g/mol. The lowest BCUT2D eigenvalue weighted by molar-refractivity contribution is -0.115. The molecule has 22 heavy (non-hydrogen) atoms. The first kappa shape index (κ1) is 14.1. The molecule has 2 N–H and O–H groups in total. The number of imidazole rings is 1. The van der Waals surface area contributed by atoms with Crippen LogP contribution in [0.15, 0.2) is 61.1 Å². The Balaban J connectivity index is 1.64. The Morgan fingerprint density at radius 2 is 2.00 bits per heavy atom. The number of aromatic amines is 1. The lowest BCUT2D eigenvalue weighted by Gasteiger charge is -2.07. The lowest BCUT2D eigenvalue weighted by atomic mass is 10.1. The van der Waals surface area contributed by atoms with Crippen LogP contribution < -0.4 is 5.32 Å². The average molecular weight is 291 g/mol. The summed E-state index contributed by atoms with van der Waals surface area (Å²) in [7, 11) is 0. The van der Waals surface area contributed by atoms with E-state index in [1.54, 1.807) is 12.5 Å². The van der Waals surface area contributed by atoms with Crippen LogP contribution in [0.5, 0.6) is 0 Å². The predicted octanol–water partition coefficient (Wildman–Crippen LogP) is 3.57. The van der Waals surface area contributed by atoms with Crippen LogP contribution >= 0.6 is 0 Å². The van der Waals surface area contributed by atoms with Gasteiger partial charge in [-0.2, -0.15) is 0 Å². The summed E-state index contributed by atoms with van der Waals surface area (Å²) in [6, 6.07) is 15.7. The van der Waals surface area contributed by atoms with Crippen LogP contribution in [0, 0.1) is 6.92 Å². The largest absolute Gasteiger partial charge is 0.345 e. The van der Waals surface area contributed by atoms with E-state index in [0.717, 1.165) is 28.1 Å². The first-order chi connectivity index (χ1) is 10.7. The molecule has 4 heteroatoms. The third-order valence-corrected chi connectivity index (χ3v) is 3.43. The van der Waals surface area contributed by atoms with Crippen molar-refractivity contribution in [3.05, 3.63) is 72.2 Å². The van der Waals surface area contributed by atoms with Crippen molar-refractivity contribution in [3.63, 3.8) is 0 Å². The van der Waals surface area contributed by atoms with E-state index in [-0.39, 0.29) is 5.91 Å². The topological polar surface area (TPSA) is 57.8 Å². The van der Waals surface area contributed by atoms with Gasteiger partial charge in [0.15, 0.2) is 0 Å². The number of hydrogen-bond donors (Lipinski definition) is 2. The van der Waals surface area contributed by atoms with Crippen molar-refractivity contribution in [1.29, 1.82) is 0 Å². The van der Waals surface area contributed by atoms with Gasteiger partial charge in [-0.15, -0.1) is 0 Å². The number of carbonyl (C=O) groups is 1. The molecular formula is C18H17N3O. The van der Waals surface area contributed by atoms with Gasteiger partial charge in [0.25, 0.3) is 0 Å². The molecule has 4 nitrogen and oxygen atoms in total. The number of amides is 1. The third-order valence-electron chi connectivity index (χ3n) is 3.43. The van der Waals surface area contributed by atoms with Crippen molar-refractivity contribution in [2.24, 2.45) is 0 Å². The smallest absolute Gasteiger partial charge is 0.228 e. The summed E-state index contributed by atoms with van der Waals surface area (Å²) in [4.78, 5) is 19.1. The Kier molecular flexibility index (Phi) is 4.01. The van der Waals surface area contributed by atoms with E-state index in [2.05, 4.69) is 15.3 Å². The highest BCUT2D eigenvalue weighted by molar-refractivity contribution is 5.92. The fourth-order valence-corrected chi connectivity index (χ4v) is 2.36. The minimum atomic E-state index is -0.0140. The van der Waals surface area contributed by atoms with Crippen LogP contribution in [0.25, 0.3) is 11.3 Å². The van der Waals surface area contributed by atoms with Gasteiger partial charge in [-0.3, -0.25) is 4.79 Å². The van der Waals surface area contributed by atoms with E-state index in [1.807, 2.05) is 55.5 Å². The van der Waals surface area contributed by atoms with Gasteiger partial charge in [0.2, 0.25) is 5.91 Å². The first-order valence-corrected chi connectivity index (χ1v) is 7.15. The molecular weight excluding hydrogens is 274 g/mol. The minimum Gasteiger partial charge on any atom is -0.345 e. The zero-order valence-electron chi connectivity index (χ0n) is 12.3. The van der Waals surface area contributed by atoms with Crippen molar-refractivity contribution < 1.29 is 4.79 Å². The highest BCUT2D eigenvalue weighted by Gasteiger charge is 2.05. The van der Waals surface area contributed by atoms with Gasteiger partial charge < -0.3 is 10.3 Å². The zero-order chi connectivity index (χ0) is 15.4. The molecule has 1 heterocycles. The lowest BCUT2D eigenvalue weighted by Crippen LogP contribution is -2.14. The van der Waals surface area contributed by atoms with Gasteiger partial charge in [0.1, 0.15) is 0 Å². The second kappa shape index (κ2) is 6.26. The van der Waals surface area contributed by atoms with E-state index in [4.69, 9.17) is 0 Å². The Morgan fingerprint density at radius 3 is 2.68 bits per heavy atom. The zero-order valence-corrected chi connectivity index (χ0v) is 12.3. The fourth-order valence-electron chi connectivity index (χ4n) is 2.36. The maximum absolute atomic E-state index is 12.1. The molecule has 0 aliphatic heterocycles. The number of hydrogen-bond acceptors (Lipinski definition) is 2. The van der Waals surface area contributed by atoms with Crippen LogP contribution in [0.1, 0.15) is 11.1 Å². The molecule has 3 rings (SSSR count). The minimum absolute atomic E-state index is 0.0140. The van der Waals surface area contributed by atoms with Crippen LogP contribution in [0.2, 0.25) is 0 Å².